The van der Waals surface area contributed by atoms with E-state index < -0.39 is 12.0 Å². The number of hydrogen-bond donors (Lipinski definition) is 3. The van der Waals surface area contributed by atoms with E-state index in [1.807, 2.05) is 0 Å². The first kappa shape index (κ1) is 12.0. The number of amides is 2. The normalized spacial score (nSPS) is 9.81. The van der Waals surface area contributed by atoms with Gasteiger partial charge in [-0.05, 0) is 0 Å². The minimum Gasteiger partial charge on any atom is -0.480 e. The lowest BCUT2D eigenvalue weighted by Crippen LogP contribution is -2.40. The maximum atomic E-state index is 11.3. The van der Waals surface area contributed by atoms with Crippen LogP contribution in [0.25, 0.3) is 0 Å². The summed E-state index contributed by atoms with van der Waals surface area (Å²) in [6.45, 7) is 0.100. The summed E-state index contributed by atoms with van der Waals surface area (Å²) < 4.78 is 0. The van der Waals surface area contributed by atoms with Gasteiger partial charge in [0.15, 0.2) is 0 Å². The van der Waals surface area contributed by atoms with Crippen molar-refractivity contribution in [3.8, 4) is 0 Å². The molecule has 1 rings (SSSR count). The first-order valence-corrected chi connectivity index (χ1v) is 4.78. The predicted molar refractivity (Wildman–Crippen MR) is 56.0 cm³/mol. The van der Waals surface area contributed by atoms with Gasteiger partial charge in [-0.1, -0.05) is 0 Å². The number of H-pyrrole nitrogens is 1. The number of nitrogens with zero attached hydrogens (tertiary/aromatic N) is 2. The maximum absolute atomic E-state index is 11.3. The van der Waals surface area contributed by atoms with E-state index in [2.05, 4.69) is 15.3 Å². The molecule has 0 aromatic carbocycles. The third-order valence-corrected chi connectivity index (χ3v) is 1.91. The number of aromatic amines is 1. The highest BCUT2D eigenvalue weighted by atomic mass is 16.4. The Morgan fingerprint density at radius 3 is 2.94 bits per heavy atom. The summed E-state index contributed by atoms with van der Waals surface area (Å²) in [6, 6.07) is -0.408. The number of likely N-dealkylation sites (N-methyl/N-ethyl adjacent to an activating group) is 1. The lowest BCUT2D eigenvalue weighted by molar-refractivity contribution is -0.137. The molecule has 0 bridgehead atoms. The molecule has 0 radical (unpaired) electrons. The molecule has 88 valence electrons. The number of aromatic nitrogens is 2. The number of carbonyl (C=O) groups is 2. The first-order chi connectivity index (χ1) is 7.59. The second kappa shape index (κ2) is 5.74. The predicted octanol–water partition coefficient (Wildman–Crippen LogP) is -0.322. The Labute approximate surface area is 92.5 Å². The average molecular weight is 226 g/mol. The van der Waals surface area contributed by atoms with E-state index in [4.69, 9.17) is 5.11 Å². The van der Waals surface area contributed by atoms with Gasteiger partial charge in [-0.3, -0.25) is 4.79 Å². The zero-order valence-electron chi connectivity index (χ0n) is 8.93. The van der Waals surface area contributed by atoms with Crippen LogP contribution in [0.15, 0.2) is 12.4 Å². The molecule has 0 aliphatic rings. The number of nitrogens with one attached hydrogen (secondary N) is 2. The number of hydrogen-bond acceptors (Lipinski definition) is 3. The molecule has 2 amide bonds. The second-order valence-electron chi connectivity index (χ2n) is 3.27. The van der Waals surface area contributed by atoms with E-state index in [9.17, 15) is 9.59 Å². The van der Waals surface area contributed by atoms with Gasteiger partial charge in [-0.25, -0.2) is 9.78 Å². The molecule has 1 heterocycles. The summed E-state index contributed by atoms with van der Waals surface area (Å²) in [5.74, 6) is -0.259. The van der Waals surface area contributed by atoms with Crippen molar-refractivity contribution in [1.29, 1.82) is 0 Å². The Kier molecular flexibility index (Phi) is 4.31. The minimum atomic E-state index is -1.04. The second-order valence-corrected chi connectivity index (χ2v) is 3.27. The molecule has 1 aromatic rings. The van der Waals surface area contributed by atoms with Crippen LogP contribution in [0.2, 0.25) is 0 Å². The van der Waals surface area contributed by atoms with E-state index in [-0.39, 0.29) is 6.54 Å². The van der Waals surface area contributed by atoms with E-state index in [1.165, 1.54) is 7.05 Å². The Hall–Kier alpha value is -2.05. The molecule has 0 aliphatic carbocycles. The summed E-state index contributed by atoms with van der Waals surface area (Å²) in [4.78, 5) is 29.7. The molecule has 0 atom stereocenters. The molecule has 0 aliphatic heterocycles. The number of carboxylic acids is 1. The summed E-state index contributed by atoms with van der Waals surface area (Å²) in [6.07, 6.45) is 3.92. The molecule has 0 saturated carbocycles. The summed E-state index contributed by atoms with van der Waals surface area (Å²) in [7, 11) is 1.43. The Morgan fingerprint density at radius 2 is 2.38 bits per heavy atom. The minimum absolute atomic E-state index is 0.313. The number of urea groups is 1. The zero-order valence-corrected chi connectivity index (χ0v) is 8.93. The van der Waals surface area contributed by atoms with Crippen LogP contribution in [-0.2, 0) is 11.2 Å². The summed E-state index contributed by atoms with van der Waals surface area (Å²) >= 11 is 0. The van der Waals surface area contributed by atoms with Gasteiger partial charge in [-0.15, -0.1) is 0 Å². The molecule has 0 spiro atoms. The van der Waals surface area contributed by atoms with Gasteiger partial charge in [-0.2, -0.15) is 0 Å². The fourth-order valence-electron chi connectivity index (χ4n) is 1.13. The van der Waals surface area contributed by atoms with E-state index in [0.29, 0.717) is 13.0 Å². The van der Waals surface area contributed by atoms with Crippen molar-refractivity contribution in [3.63, 3.8) is 0 Å². The Bertz CT molecular complexity index is 350. The van der Waals surface area contributed by atoms with Crippen LogP contribution in [0.3, 0.4) is 0 Å². The third-order valence-electron chi connectivity index (χ3n) is 1.91. The maximum Gasteiger partial charge on any atom is 0.323 e. The van der Waals surface area contributed by atoms with Crippen LogP contribution in [0.1, 0.15) is 5.82 Å². The summed E-state index contributed by atoms with van der Waals surface area (Å²) in [5.41, 5.74) is 0. The topological polar surface area (TPSA) is 98.3 Å². The lowest BCUT2D eigenvalue weighted by atomic mass is 10.4. The molecular weight excluding hydrogens is 212 g/mol. The smallest absolute Gasteiger partial charge is 0.323 e. The first-order valence-electron chi connectivity index (χ1n) is 4.78. The molecule has 0 unspecified atom stereocenters. The standard InChI is InChI=1S/C9H14N4O3/c1-13(6-8(14)15)9(16)12-3-2-7-10-4-5-11-7/h4-5H,2-3,6H2,1H3,(H,10,11)(H,12,16)(H,14,15). The van der Waals surface area contributed by atoms with Crippen molar-refractivity contribution >= 4 is 12.0 Å². The van der Waals surface area contributed by atoms with Crippen LogP contribution >= 0.6 is 0 Å². The van der Waals surface area contributed by atoms with E-state index >= 15 is 0 Å². The monoisotopic (exact) mass is 226 g/mol. The molecule has 1 aromatic heterocycles. The van der Waals surface area contributed by atoms with Crippen LogP contribution < -0.4 is 5.32 Å². The molecule has 7 heteroatoms. The fourth-order valence-corrected chi connectivity index (χ4v) is 1.13. The van der Waals surface area contributed by atoms with Gasteiger partial charge < -0.3 is 20.3 Å². The highest BCUT2D eigenvalue weighted by molar-refractivity contribution is 5.79. The van der Waals surface area contributed by atoms with Gasteiger partial charge in [0.2, 0.25) is 0 Å². The van der Waals surface area contributed by atoms with Crippen LogP contribution in [0, 0.1) is 0 Å². The van der Waals surface area contributed by atoms with Crippen molar-refractivity contribution in [2.45, 2.75) is 6.42 Å². The van der Waals surface area contributed by atoms with Crippen molar-refractivity contribution < 1.29 is 14.7 Å². The average Bonchev–Trinajstić information content (AvgIpc) is 2.69. The van der Waals surface area contributed by atoms with E-state index in [0.717, 1.165) is 10.7 Å². The van der Waals surface area contributed by atoms with Gasteiger partial charge >= 0.3 is 12.0 Å². The highest BCUT2D eigenvalue weighted by Gasteiger charge is 2.10. The number of carbonyl (C=O) groups excluding carboxylic acids is 1. The largest absolute Gasteiger partial charge is 0.480 e. The van der Waals surface area contributed by atoms with Crippen molar-refractivity contribution in [2.24, 2.45) is 0 Å². The number of rotatable bonds is 5. The quantitative estimate of drug-likeness (QED) is 0.640. The van der Waals surface area contributed by atoms with Gasteiger partial charge in [0.05, 0.1) is 0 Å². The number of carboxylic acid groups (broad SMARTS) is 1. The number of aliphatic carboxylic acids is 1. The fraction of sp³-hybridized carbons (Fsp3) is 0.444. The van der Waals surface area contributed by atoms with Crippen molar-refractivity contribution in [1.82, 2.24) is 20.2 Å². The van der Waals surface area contributed by atoms with Crippen LogP contribution in [-0.4, -0.2) is 52.1 Å². The molecule has 0 fully saturated rings. The Morgan fingerprint density at radius 1 is 1.62 bits per heavy atom. The third kappa shape index (κ3) is 3.99. The van der Waals surface area contributed by atoms with Crippen molar-refractivity contribution in [2.75, 3.05) is 20.1 Å². The van der Waals surface area contributed by atoms with Crippen LogP contribution in [0.5, 0.6) is 0 Å². The molecule has 3 N–H and O–H groups in total. The molecule has 7 nitrogen and oxygen atoms in total. The number of imidazole rings is 1. The van der Waals surface area contributed by atoms with Crippen LogP contribution in [0.4, 0.5) is 4.79 Å². The SMILES string of the molecule is CN(CC(=O)O)C(=O)NCCc1ncc[nH]1. The lowest BCUT2D eigenvalue weighted by Gasteiger charge is -2.14. The van der Waals surface area contributed by atoms with Gasteiger partial charge in [0.25, 0.3) is 0 Å². The van der Waals surface area contributed by atoms with Gasteiger partial charge in [0.1, 0.15) is 12.4 Å². The van der Waals surface area contributed by atoms with Gasteiger partial charge in [0, 0.05) is 32.4 Å². The highest BCUT2D eigenvalue weighted by Crippen LogP contribution is 1.89. The van der Waals surface area contributed by atoms with Crippen molar-refractivity contribution in [3.05, 3.63) is 18.2 Å². The molecule has 0 saturated heterocycles. The zero-order chi connectivity index (χ0) is 12.0. The molecule has 16 heavy (non-hydrogen) atoms. The Balaban J connectivity index is 2.22. The molecular formula is C9H14N4O3. The summed E-state index contributed by atoms with van der Waals surface area (Å²) in [5, 5.41) is 11.1. The van der Waals surface area contributed by atoms with E-state index in [1.54, 1.807) is 12.4 Å².